The lowest BCUT2D eigenvalue weighted by molar-refractivity contribution is -0.147. The molecule has 0 unspecified atom stereocenters. The van der Waals surface area contributed by atoms with Gasteiger partial charge < -0.3 is 10.4 Å². The van der Waals surface area contributed by atoms with Gasteiger partial charge in [0.15, 0.2) is 0 Å². The van der Waals surface area contributed by atoms with E-state index in [0.717, 1.165) is 19.3 Å². The highest BCUT2D eigenvalue weighted by Crippen LogP contribution is 2.48. The summed E-state index contributed by atoms with van der Waals surface area (Å²) >= 11 is 0. The van der Waals surface area contributed by atoms with Gasteiger partial charge in [-0.15, -0.1) is 0 Å². The maximum absolute atomic E-state index is 11.7. The number of aliphatic carboxylic acids is 1. The molecule has 0 bridgehead atoms. The van der Waals surface area contributed by atoms with Crippen molar-refractivity contribution >= 4 is 11.9 Å². The minimum Gasteiger partial charge on any atom is -0.481 e. The Morgan fingerprint density at radius 2 is 1.93 bits per heavy atom. The fourth-order valence-electron chi connectivity index (χ4n) is 1.46. The van der Waals surface area contributed by atoms with Crippen molar-refractivity contribution in [1.29, 1.82) is 0 Å². The SMILES string of the molecule is CCC1(C(=O)NCC(C)(C)C(=O)O)CC1. The second-order valence-corrected chi connectivity index (χ2v) is 5.01. The number of carbonyl (C=O) groups excluding carboxylic acids is 1. The van der Waals surface area contributed by atoms with Crippen molar-refractivity contribution in [2.75, 3.05) is 6.54 Å². The first kappa shape index (κ1) is 12.0. The molecule has 0 aromatic carbocycles. The minimum absolute atomic E-state index is 0.0133. The molecular formula is C11H19NO3. The molecule has 0 aliphatic heterocycles. The summed E-state index contributed by atoms with van der Waals surface area (Å²) in [6.45, 7) is 5.42. The van der Waals surface area contributed by atoms with E-state index in [9.17, 15) is 9.59 Å². The highest BCUT2D eigenvalue weighted by Gasteiger charge is 2.48. The first-order chi connectivity index (χ1) is 6.84. The van der Waals surface area contributed by atoms with E-state index < -0.39 is 11.4 Å². The largest absolute Gasteiger partial charge is 0.481 e. The molecule has 1 amide bonds. The van der Waals surface area contributed by atoms with E-state index in [-0.39, 0.29) is 17.9 Å². The Kier molecular flexibility index (Phi) is 3.07. The van der Waals surface area contributed by atoms with Crippen LogP contribution in [0.3, 0.4) is 0 Å². The number of carboxylic acids is 1. The van der Waals surface area contributed by atoms with Gasteiger partial charge in [0.1, 0.15) is 0 Å². The fourth-order valence-corrected chi connectivity index (χ4v) is 1.46. The molecule has 0 atom stereocenters. The lowest BCUT2D eigenvalue weighted by Gasteiger charge is -2.21. The Hall–Kier alpha value is -1.06. The molecule has 1 saturated carbocycles. The zero-order chi connectivity index (χ0) is 11.7. The van der Waals surface area contributed by atoms with Crippen LogP contribution in [0, 0.1) is 10.8 Å². The van der Waals surface area contributed by atoms with Gasteiger partial charge in [0.25, 0.3) is 0 Å². The summed E-state index contributed by atoms with van der Waals surface area (Å²) in [5.41, 5.74) is -1.08. The number of hydrogen-bond acceptors (Lipinski definition) is 2. The Labute approximate surface area is 90.0 Å². The van der Waals surface area contributed by atoms with Crippen LogP contribution in [0.2, 0.25) is 0 Å². The van der Waals surface area contributed by atoms with Crippen molar-refractivity contribution in [3.05, 3.63) is 0 Å². The van der Waals surface area contributed by atoms with Gasteiger partial charge in [-0.1, -0.05) is 6.92 Å². The molecule has 0 radical (unpaired) electrons. The number of carboxylic acid groups (broad SMARTS) is 1. The molecule has 86 valence electrons. The summed E-state index contributed by atoms with van der Waals surface area (Å²) in [5, 5.41) is 11.6. The fraction of sp³-hybridized carbons (Fsp3) is 0.818. The van der Waals surface area contributed by atoms with Crippen molar-refractivity contribution in [2.45, 2.75) is 40.0 Å². The Bertz CT molecular complexity index is 280. The molecule has 1 aliphatic rings. The van der Waals surface area contributed by atoms with Crippen molar-refractivity contribution in [3.63, 3.8) is 0 Å². The minimum atomic E-state index is -0.889. The van der Waals surface area contributed by atoms with E-state index in [0.29, 0.717) is 0 Å². The highest BCUT2D eigenvalue weighted by molar-refractivity contribution is 5.85. The summed E-state index contributed by atoms with van der Waals surface area (Å²) in [4.78, 5) is 22.5. The summed E-state index contributed by atoms with van der Waals surface area (Å²) in [7, 11) is 0. The number of hydrogen-bond donors (Lipinski definition) is 2. The Morgan fingerprint density at radius 3 is 2.27 bits per heavy atom. The van der Waals surface area contributed by atoms with Gasteiger partial charge in [0, 0.05) is 12.0 Å². The zero-order valence-corrected chi connectivity index (χ0v) is 9.59. The molecule has 4 heteroatoms. The predicted molar refractivity (Wildman–Crippen MR) is 56.4 cm³/mol. The Morgan fingerprint density at radius 1 is 1.40 bits per heavy atom. The number of rotatable bonds is 5. The standard InChI is InChI=1S/C11H19NO3/c1-4-11(5-6-11)8(13)12-7-10(2,3)9(14)15/h4-7H2,1-3H3,(H,12,13)(H,14,15). The van der Waals surface area contributed by atoms with Gasteiger partial charge in [-0.25, -0.2) is 0 Å². The van der Waals surface area contributed by atoms with E-state index in [1.807, 2.05) is 6.92 Å². The van der Waals surface area contributed by atoms with Crippen molar-refractivity contribution in [1.82, 2.24) is 5.32 Å². The molecule has 0 aromatic heterocycles. The number of amides is 1. The van der Waals surface area contributed by atoms with Crippen LogP contribution in [0.25, 0.3) is 0 Å². The van der Waals surface area contributed by atoms with E-state index in [4.69, 9.17) is 5.11 Å². The topological polar surface area (TPSA) is 66.4 Å². The van der Waals surface area contributed by atoms with Crippen LogP contribution in [0.1, 0.15) is 40.0 Å². The normalized spacial score (nSPS) is 18.3. The first-order valence-electron chi connectivity index (χ1n) is 5.36. The zero-order valence-electron chi connectivity index (χ0n) is 9.59. The summed E-state index contributed by atoms with van der Waals surface area (Å²) in [6, 6.07) is 0. The van der Waals surface area contributed by atoms with Crippen molar-refractivity contribution < 1.29 is 14.7 Å². The molecule has 1 fully saturated rings. The van der Waals surface area contributed by atoms with E-state index in [1.165, 1.54) is 0 Å². The molecule has 1 aliphatic carbocycles. The van der Waals surface area contributed by atoms with Crippen LogP contribution in [0.5, 0.6) is 0 Å². The molecule has 15 heavy (non-hydrogen) atoms. The second-order valence-electron chi connectivity index (χ2n) is 5.01. The summed E-state index contributed by atoms with van der Waals surface area (Å²) < 4.78 is 0. The van der Waals surface area contributed by atoms with Crippen LogP contribution >= 0.6 is 0 Å². The maximum atomic E-state index is 11.7. The van der Waals surface area contributed by atoms with Crippen LogP contribution in [-0.2, 0) is 9.59 Å². The summed E-state index contributed by atoms with van der Waals surface area (Å²) in [5.74, 6) is -0.872. The smallest absolute Gasteiger partial charge is 0.310 e. The molecule has 0 heterocycles. The van der Waals surface area contributed by atoms with Gasteiger partial charge in [0.2, 0.25) is 5.91 Å². The maximum Gasteiger partial charge on any atom is 0.310 e. The van der Waals surface area contributed by atoms with Crippen LogP contribution < -0.4 is 5.32 Å². The highest BCUT2D eigenvalue weighted by atomic mass is 16.4. The third-order valence-corrected chi connectivity index (χ3v) is 3.28. The third-order valence-electron chi connectivity index (χ3n) is 3.28. The summed E-state index contributed by atoms with van der Waals surface area (Å²) in [6.07, 6.45) is 2.71. The Balaban J connectivity index is 2.44. The lowest BCUT2D eigenvalue weighted by atomic mass is 9.93. The van der Waals surface area contributed by atoms with Crippen molar-refractivity contribution in [2.24, 2.45) is 10.8 Å². The van der Waals surface area contributed by atoms with E-state index in [1.54, 1.807) is 13.8 Å². The average molecular weight is 213 g/mol. The van der Waals surface area contributed by atoms with Gasteiger partial charge in [-0.3, -0.25) is 9.59 Å². The third kappa shape index (κ3) is 2.49. The number of nitrogens with one attached hydrogen (secondary N) is 1. The van der Waals surface area contributed by atoms with Crippen LogP contribution in [0.15, 0.2) is 0 Å². The molecular weight excluding hydrogens is 194 g/mol. The van der Waals surface area contributed by atoms with Gasteiger partial charge in [-0.05, 0) is 33.1 Å². The molecule has 4 nitrogen and oxygen atoms in total. The van der Waals surface area contributed by atoms with Crippen molar-refractivity contribution in [3.8, 4) is 0 Å². The van der Waals surface area contributed by atoms with E-state index in [2.05, 4.69) is 5.32 Å². The quantitative estimate of drug-likeness (QED) is 0.725. The second kappa shape index (κ2) is 3.83. The monoisotopic (exact) mass is 213 g/mol. The van der Waals surface area contributed by atoms with Gasteiger partial charge in [0.05, 0.1) is 5.41 Å². The first-order valence-corrected chi connectivity index (χ1v) is 5.36. The van der Waals surface area contributed by atoms with Crippen LogP contribution in [-0.4, -0.2) is 23.5 Å². The van der Waals surface area contributed by atoms with Gasteiger partial charge in [-0.2, -0.15) is 0 Å². The predicted octanol–water partition coefficient (Wildman–Crippen LogP) is 1.40. The molecule has 0 aromatic rings. The molecule has 0 saturated heterocycles. The van der Waals surface area contributed by atoms with Crippen LogP contribution in [0.4, 0.5) is 0 Å². The van der Waals surface area contributed by atoms with Gasteiger partial charge >= 0.3 is 5.97 Å². The van der Waals surface area contributed by atoms with E-state index >= 15 is 0 Å². The molecule has 1 rings (SSSR count). The average Bonchev–Trinajstić information content (AvgIpc) is 2.94. The number of carbonyl (C=O) groups is 2. The lowest BCUT2D eigenvalue weighted by Crippen LogP contribution is -2.41. The molecule has 2 N–H and O–H groups in total. The molecule has 0 spiro atoms.